The second-order valence-electron chi connectivity index (χ2n) is 2.48. The molecule has 0 aromatic heterocycles. The summed E-state index contributed by atoms with van der Waals surface area (Å²) in [6.45, 7) is 7.69. The summed E-state index contributed by atoms with van der Waals surface area (Å²) in [6, 6.07) is 0. The molecule has 0 saturated heterocycles. The predicted octanol–water partition coefficient (Wildman–Crippen LogP) is 0.262. The first-order valence-corrected chi connectivity index (χ1v) is 3.67. The van der Waals surface area contributed by atoms with Gasteiger partial charge in [0.2, 0.25) is 0 Å². The van der Waals surface area contributed by atoms with Crippen molar-refractivity contribution in [2.45, 2.75) is 27.7 Å². The van der Waals surface area contributed by atoms with Gasteiger partial charge in [0.1, 0.15) is 0 Å². The maximum Gasteiger partial charge on any atom is 0.0504 e. The monoisotopic (exact) mass is 156 g/mol. The molecule has 0 amide bonds. The highest BCUT2D eigenvalue weighted by Gasteiger charge is 2.13. The van der Waals surface area contributed by atoms with Crippen LogP contribution in [0.2, 0.25) is 0 Å². The lowest BCUT2D eigenvalue weighted by atomic mass is 9.81. The van der Waals surface area contributed by atoms with Gasteiger partial charge in [-0.3, -0.25) is 0 Å². The zero-order valence-corrected chi connectivity index (χ0v) is 7.96. The van der Waals surface area contributed by atoms with Gasteiger partial charge in [0.05, 0.1) is 13.2 Å². The van der Waals surface area contributed by atoms with E-state index in [0.717, 1.165) is 0 Å². The second-order valence-corrected chi connectivity index (χ2v) is 2.48. The van der Waals surface area contributed by atoms with Crippen molar-refractivity contribution in [2.75, 3.05) is 13.2 Å². The van der Waals surface area contributed by atoms with Crippen LogP contribution in [0.15, 0.2) is 0 Å². The molecule has 0 aromatic rings. The highest BCUT2D eigenvalue weighted by molar-refractivity contribution is 6.75. The van der Waals surface area contributed by atoms with Crippen molar-refractivity contribution in [3.63, 3.8) is 0 Å². The van der Waals surface area contributed by atoms with Crippen LogP contribution in [0.25, 0.3) is 0 Å². The van der Waals surface area contributed by atoms with Crippen LogP contribution >= 0.6 is 0 Å². The molecular weight excluding hydrogens is 138 g/mol. The summed E-state index contributed by atoms with van der Waals surface area (Å²) in [6.07, 6.45) is 0. The lowest BCUT2D eigenvalue weighted by Gasteiger charge is -2.16. The van der Waals surface area contributed by atoms with Gasteiger partial charge in [0.15, 0.2) is 0 Å². The van der Waals surface area contributed by atoms with Crippen LogP contribution in [-0.2, 0) is 0 Å². The fourth-order valence-corrected chi connectivity index (χ4v) is 0.0500. The van der Waals surface area contributed by atoms with Crippen LogP contribution in [-0.4, -0.2) is 38.9 Å². The molecule has 0 fully saturated rings. The lowest BCUT2D eigenvalue weighted by Crippen LogP contribution is -2.20. The van der Waals surface area contributed by atoms with E-state index in [1.54, 1.807) is 13.8 Å². The molecule has 4 radical (unpaired) electrons. The van der Waals surface area contributed by atoms with Gasteiger partial charge in [0.25, 0.3) is 0 Å². The Balaban J connectivity index is -0.000000138. The van der Waals surface area contributed by atoms with E-state index in [9.17, 15) is 0 Å². The molecule has 0 bridgehead atoms. The fraction of sp³-hybridized carbons (Fsp3) is 1.00. The second kappa shape index (κ2) is 12.7. The molecule has 0 atom stereocenters. The Morgan fingerprint density at radius 3 is 1.18 bits per heavy atom. The Morgan fingerprint density at radius 2 is 1.18 bits per heavy atom. The van der Waals surface area contributed by atoms with E-state index in [1.807, 2.05) is 13.8 Å². The van der Waals surface area contributed by atoms with Crippen molar-refractivity contribution >= 4 is 15.5 Å². The van der Waals surface area contributed by atoms with Crippen LogP contribution in [0.4, 0.5) is 0 Å². The SMILES string of the molecule is CC.CC(C)(CO)CO.[B][B]. The minimum Gasteiger partial charge on any atom is -0.396 e. The highest BCUT2D eigenvalue weighted by atomic mass is 16.3. The lowest BCUT2D eigenvalue weighted by molar-refractivity contribution is 0.0857. The van der Waals surface area contributed by atoms with Crippen molar-refractivity contribution in [1.29, 1.82) is 0 Å². The number of hydrogen-bond donors (Lipinski definition) is 2. The van der Waals surface area contributed by atoms with Gasteiger partial charge in [-0.05, 0) is 0 Å². The molecule has 2 N–H and O–H groups in total. The van der Waals surface area contributed by atoms with Gasteiger partial charge >= 0.3 is 0 Å². The van der Waals surface area contributed by atoms with Crippen molar-refractivity contribution in [3.8, 4) is 0 Å². The maximum atomic E-state index is 8.43. The summed E-state index contributed by atoms with van der Waals surface area (Å²) < 4.78 is 0. The van der Waals surface area contributed by atoms with E-state index >= 15 is 0 Å². The largest absolute Gasteiger partial charge is 0.396 e. The van der Waals surface area contributed by atoms with E-state index in [-0.39, 0.29) is 18.6 Å². The Morgan fingerprint density at radius 1 is 1.00 bits per heavy atom. The average molecular weight is 156 g/mol. The third-order valence-electron chi connectivity index (χ3n) is 0.856. The van der Waals surface area contributed by atoms with Gasteiger partial charge in [-0.15, -0.1) is 0 Å². The Labute approximate surface area is 72.8 Å². The van der Waals surface area contributed by atoms with Crippen LogP contribution in [0.5, 0.6) is 0 Å². The third kappa shape index (κ3) is 17.8. The topological polar surface area (TPSA) is 40.5 Å². The summed E-state index contributed by atoms with van der Waals surface area (Å²) in [4.78, 5) is 0. The molecule has 2 nitrogen and oxygen atoms in total. The zero-order chi connectivity index (χ0) is 9.91. The van der Waals surface area contributed by atoms with Gasteiger partial charge < -0.3 is 10.2 Å². The first-order valence-electron chi connectivity index (χ1n) is 3.67. The number of aliphatic hydroxyl groups excluding tert-OH is 2. The first kappa shape index (κ1) is 17.2. The molecule has 0 aliphatic carbocycles. The quantitative estimate of drug-likeness (QED) is 0.562. The number of aliphatic hydroxyl groups is 2. The van der Waals surface area contributed by atoms with Gasteiger partial charge in [-0.1, -0.05) is 27.7 Å². The molecule has 0 spiro atoms. The van der Waals surface area contributed by atoms with Crippen LogP contribution in [0.1, 0.15) is 27.7 Å². The van der Waals surface area contributed by atoms with E-state index in [0.29, 0.717) is 0 Å². The Hall–Kier alpha value is 0.0499. The summed E-state index contributed by atoms with van der Waals surface area (Å²) >= 11 is 0. The van der Waals surface area contributed by atoms with Crippen LogP contribution < -0.4 is 0 Å². The summed E-state index contributed by atoms with van der Waals surface area (Å²) in [5, 5.41) is 16.9. The van der Waals surface area contributed by atoms with E-state index in [2.05, 4.69) is 15.5 Å². The standard InChI is InChI=1S/C5H12O2.C2H6.B2/c1-5(2,3-6)4-7;2*1-2/h6-7H,3-4H2,1-2H3;1-2H3;. The summed E-state index contributed by atoms with van der Waals surface area (Å²) in [5.41, 5.74) is -0.306. The molecule has 64 valence electrons. The molecule has 0 aromatic carbocycles. The highest BCUT2D eigenvalue weighted by Crippen LogP contribution is 2.10. The molecule has 11 heavy (non-hydrogen) atoms. The molecule has 0 rings (SSSR count). The van der Waals surface area contributed by atoms with Crippen LogP contribution in [0.3, 0.4) is 0 Å². The van der Waals surface area contributed by atoms with Crippen LogP contribution in [0, 0.1) is 5.41 Å². The normalized spacial score (nSPS) is 8.55. The zero-order valence-electron chi connectivity index (χ0n) is 7.96. The van der Waals surface area contributed by atoms with Crippen molar-refractivity contribution < 1.29 is 10.2 Å². The molecular formula is C7H18B2O2. The van der Waals surface area contributed by atoms with Crippen molar-refractivity contribution in [1.82, 2.24) is 0 Å². The minimum atomic E-state index is -0.306. The molecule has 0 heterocycles. The predicted molar refractivity (Wildman–Crippen MR) is 50.8 cm³/mol. The maximum absolute atomic E-state index is 8.43. The van der Waals surface area contributed by atoms with E-state index in [4.69, 9.17) is 10.2 Å². The molecule has 4 heteroatoms. The smallest absolute Gasteiger partial charge is 0.0504 e. The van der Waals surface area contributed by atoms with Gasteiger partial charge in [-0.25, -0.2) is 0 Å². The van der Waals surface area contributed by atoms with Crippen molar-refractivity contribution in [3.05, 3.63) is 0 Å². The molecule has 0 unspecified atom stereocenters. The summed E-state index contributed by atoms with van der Waals surface area (Å²) in [7, 11) is 8.00. The Bertz CT molecular complexity index is 52.4. The minimum absolute atomic E-state index is 0.0451. The van der Waals surface area contributed by atoms with E-state index < -0.39 is 0 Å². The first-order chi connectivity index (χ1) is 5.12. The van der Waals surface area contributed by atoms with Gasteiger partial charge in [-0.2, -0.15) is 0 Å². The van der Waals surface area contributed by atoms with Gasteiger partial charge in [0, 0.05) is 20.9 Å². The summed E-state index contributed by atoms with van der Waals surface area (Å²) in [5.74, 6) is 0. The Kier molecular flexibility index (Phi) is 19.9. The number of hydrogen-bond acceptors (Lipinski definition) is 2. The fourth-order valence-electron chi connectivity index (χ4n) is 0.0500. The molecule has 0 saturated carbocycles. The molecule has 0 aliphatic heterocycles. The van der Waals surface area contributed by atoms with E-state index in [1.165, 1.54) is 0 Å². The average Bonchev–Trinajstić information content (AvgIpc) is 2.12. The number of rotatable bonds is 2. The molecule has 0 aliphatic rings. The van der Waals surface area contributed by atoms with Crippen molar-refractivity contribution in [2.24, 2.45) is 5.41 Å². The third-order valence-corrected chi connectivity index (χ3v) is 0.856.